The van der Waals surface area contributed by atoms with Crippen LogP contribution in [-0.4, -0.2) is 33.6 Å². The van der Waals surface area contributed by atoms with Crippen molar-refractivity contribution in [2.24, 2.45) is 0 Å². The molecule has 2 aliphatic rings. The molecule has 3 aromatic rings. The van der Waals surface area contributed by atoms with Crippen molar-refractivity contribution >= 4 is 34.3 Å². The van der Waals surface area contributed by atoms with Gasteiger partial charge >= 0.3 is 0 Å². The van der Waals surface area contributed by atoms with E-state index in [1.165, 1.54) is 10.9 Å². The Hall–Kier alpha value is -2.79. The number of benzene rings is 2. The number of rotatable bonds is 2. The van der Waals surface area contributed by atoms with E-state index in [0.29, 0.717) is 12.1 Å². The molecule has 0 fully saturated rings. The Kier molecular flexibility index (Phi) is 3.95. The van der Waals surface area contributed by atoms with Gasteiger partial charge in [0.1, 0.15) is 5.88 Å². The van der Waals surface area contributed by atoms with E-state index in [2.05, 4.69) is 29.4 Å². The first kappa shape index (κ1) is 17.3. The number of carbonyl (C=O) groups is 2. The fraction of sp³-hybridized carbons (Fsp3) is 0.273. The second kappa shape index (κ2) is 6.38. The molecule has 2 N–H and O–H groups in total. The zero-order chi connectivity index (χ0) is 19.4. The molecule has 3 heterocycles. The standard InChI is InChI=1S/C22H20ClN3O2/c1-12-8-17-16-4-2-3-5-18(16)25-20(17)21(26(12)19(27)10-23)13-6-7-15-14(9-13)11-24-22(15)28/h2-7,9,12,21,25H,8,10-11H2,1H3,(H,24,28)/t12-,21-/m0/s1. The molecule has 0 saturated carbocycles. The van der Waals surface area contributed by atoms with Crippen LogP contribution >= 0.6 is 11.6 Å². The first-order valence-electron chi connectivity index (χ1n) is 9.46. The maximum absolute atomic E-state index is 12.8. The average molecular weight is 394 g/mol. The van der Waals surface area contributed by atoms with E-state index in [-0.39, 0.29) is 29.8 Å². The lowest BCUT2D eigenvalue weighted by Gasteiger charge is -2.41. The van der Waals surface area contributed by atoms with Crippen LogP contribution < -0.4 is 5.32 Å². The molecule has 0 saturated heterocycles. The molecule has 2 aliphatic heterocycles. The van der Waals surface area contributed by atoms with Crippen molar-refractivity contribution < 1.29 is 9.59 Å². The van der Waals surface area contributed by atoms with Gasteiger partial charge in [-0.05, 0) is 42.2 Å². The number of para-hydroxylation sites is 1. The molecule has 0 aliphatic carbocycles. The Labute approximate surface area is 167 Å². The second-order valence-electron chi connectivity index (χ2n) is 7.55. The van der Waals surface area contributed by atoms with Crippen LogP contribution in [-0.2, 0) is 17.8 Å². The summed E-state index contributed by atoms with van der Waals surface area (Å²) < 4.78 is 0. The average Bonchev–Trinajstić information content (AvgIpc) is 3.26. The summed E-state index contributed by atoms with van der Waals surface area (Å²) in [6.45, 7) is 2.59. The number of amides is 2. The number of nitrogens with zero attached hydrogens (tertiary/aromatic N) is 1. The predicted octanol–water partition coefficient (Wildman–Crippen LogP) is 3.51. The van der Waals surface area contributed by atoms with E-state index in [1.807, 2.05) is 35.2 Å². The third kappa shape index (κ3) is 2.46. The van der Waals surface area contributed by atoms with E-state index in [0.717, 1.165) is 28.8 Å². The number of fused-ring (bicyclic) bond motifs is 4. The van der Waals surface area contributed by atoms with Crippen molar-refractivity contribution in [2.45, 2.75) is 32.0 Å². The highest BCUT2D eigenvalue weighted by molar-refractivity contribution is 6.27. The van der Waals surface area contributed by atoms with Gasteiger partial charge < -0.3 is 15.2 Å². The maximum atomic E-state index is 12.8. The van der Waals surface area contributed by atoms with Gasteiger partial charge in [0.2, 0.25) is 5.91 Å². The monoisotopic (exact) mass is 393 g/mol. The topological polar surface area (TPSA) is 65.2 Å². The second-order valence-corrected chi connectivity index (χ2v) is 7.82. The molecule has 5 nitrogen and oxygen atoms in total. The van der Waals surface area contributed by atoms with E-state index in [1.54, 1.807) is 0 Å². The molecule has 0 radical (unpaired) electrons. The zero-order valence-corrected chi connectivity index (χ0v) is 16.2. The smallest absolute Gasteiger partial charge is 0.251 e. The number of nitrogens with one attached hydrogen (secondary N) is 2. The molecule has 5 rings (SSSR count). The minimum Gasteiger partial charge on any atom is -0.356 e. The van der Waals surface area contributed by atoms with Crippen molar-refractivity contribution in [1.29, 1.82) is 0 Å². The third-order valence-electron chi connectivity index (χ3n) is 5.90. The Morgan fingerprint density at radius 2 is 2.07 bits per heavy atom. The number of hydrogen-bond donors (Lipinski definition) is 2. The van der Waals surface area contributed by atoms with Crippen LogP contribution in [0.15, 0.2) is 42.5 Å². The Balaban J connectivity index is 1.72. The van der Waals surface area contributed by atoms with Crippen molar-refractivity contribution in [3.8, 4) is 0 Å². The fourth-order valence-electron chi connectivity index (χ4n) is 4.67. The molecule has 0 bridgehead atoms. The molecule has 2 aromatic carbocycles. The molecule has 142 valence electrons. The first-order valence-corrected chi connectivity index (χ1v) is 9.99. The SMILES string of the molecule is C[C@H]1Cc2c([nH]c3ccccc23)[C@H](c2ccc3c(c2)CNC3=O)N1C(=O)CCl. The highest BCUT2D eigenvalue weighted by Crippen LogP contribution is 2.41. The van der Waals surface area contributed by atoms with Gasteiger partial charge in [-0.15, -0.1) is 11.6 Å². The van der Waals surface area contributed by atoms with Gasteiger partial charge in [0.15, 0.2) is 0 Å². The first-order chi connectivity index (χ1) is 13.6. The van der Waals surface area contributed by atoms with Gasteiger partial charge in [-0.25, -0.2) is 0 Å². The normalized spacial score (nSPS) is 20.8. The molecular formula is C22H20ClN3O2. The number of alkyl halides is 1. The molecule has 0 unspecified atom stereocenters. The molecule has 6 heteroatoms. The number of aromatic nitrogens is 1. The number of H-pyrrole nitrogens is 1. The fourth-order valence-corrected chi connectivity index (χ4v) is 4.81. The summed E-state index contributed by atoms with van der Waals surface area (Å²) in [7, 11) is 0. The van der Waals surface area contributed by atoms with Crippen LogP contribution in [0, 0.1) is 0 Å². The zero-order valence-electron chi connectivity index (χ0n) is 15.5. The third-order valence-corrected chi connectivity index (χ3v) is 6.13. The van der Waals surface area contributed by atoms with E-state index in [4.69, 9.17) is 11.6 Å². The largest absolute Gasteiger partial charge is 0.356 e. The van der Waals surface area contributed by atoms with Crippen molar-refractivity contribution in [3.63, 3.8) is 0 Å². The maximum Gasteiger partial charge on any atom is 0.251 e. The highest BCUT2D eigenvalue weighted by atomic mass is 35.5. The van der Waals surface area contributed by atoms with Gasteiger partial charge in [0, 0.05) is 34.7 Å². The molecule has 28 heavy (non-hydrogen) atoms. The predicted molar refractivity (Wildman–Crippen MR) is 108 cm³/mol. The summed E-state index contributed by atoms with van der Waals surface area (Å²) in [6.07, 6.45) is 0.781. The lowest BCUT2D eigenvalue weighted by atomic mass is 9.87. The van der Waals surface area contributed by atoms with Gasteiger partial charge in [-0.3, -0.25) is 9.59 Å². The van der Waals surface area contributed by atoms with Crippen LogP contribution in [0.1, 0.15) is 45.7 Å². The minimum atomic E-state index is -0.251. The lowest BCUT2D eigenvalue weighted by molar-refractivity contribution is -0.133. The Morgan fingerprint density at radius 1 is 1.25 bits per heavy atom. The van der Waals surface area contributed by atoms with Gasteiger partial charge in [-0.2, -0.15) is 0 Å². The molecule has 2 atom stereocenters. The van der Waals surface area contributed by atoms with Crippen LogP contribution in [0.3, 0.4) is 0 Å². The number of hydrogen-bond acceptors (Lipinski definition) is 2. The van der Waals surface area contributed by atoms with Crippen molar-refractivity contribution in [1.82, 2.24) is 15.2 Å². The summed E-state index contributed by atoms with van der Waals surface area (Å²) in [6, 6.07) is 13.9. The molecule has 1 aromatic heterocycles. The highest BCUT2D eigenvalue weighted by Gasteiger charge is 2.38. The van der Waals surface area contributed by atoms with Gasteiger partial charge in [0.05, 0.1) is 6.04 Å². The van der Waals surface area contributed by atoms with Crippen molar-refractivity contribution in [3.05, 3.63) is 70.4 Å². The molecule has 0 spiro atoms. The minimum absolute atomic E-state index is 0.0240. The van der Waals surface area contributed by atoms with Crippen LogP contribution in [0.5, 0.6) is 0 Å². The van der Waals surface area contributed by atoms with E-state index in [9.17, 15) is 9.59 Å². The number of halogens is 1. The quantitative estimate of drug-likeness (QED) is 0.654. The number of aromatic amines is 1. The summed E-state index contributed by atoms with van der Waals surface area (Å²) in [5, 5.41) is 4.06. The van der Waals surface area contributed by atoms with Crippen LogP contribution in [0.25, 0.3) is 10.9 Å². The van der Waals surface area contributed by atoms with Gasteiger partial charge in [0.25, 0.3) is 5.91 Å². The summed E-state index contributed by atoms with van der Waals surface area (Å²) >= 11 is 5.97. The Morgan fingerprint density at radius 3 is 2.89 bits per heavy atom. The molecule has 2 amide bonds. The summed E-state index contributed by atoms with van der Waals surface area (Å²) in [5.41, 5.74) is 6.03. The summed E-state index contributed by atoms with van der Waals surface area (Å²) in [4.78, 5) is 30.2. The van der Waals surface area contributed by atoms with E-state index >= 15 is 0 Å². The lowest BCUT2D eigenvalue weighted by Crippen LogP contribution is -2.47. The molecular weight excluding hydrogens is 374 g/mol. The van der Waals surface area contributed by atoms with Crippen LogP contribution in [0.4, 0.5) is 0 Å². The van der Waals surface area contributed by atoms with Crippen LogP contribution in [0.2, 0.25) is 0 Å². The summed E-state index contributed by atoms with van der Waals surface area (Å²) in [5.74, 6) is -0.182. The van der Waals surface area contributed by atoms with E-state index < -0.39 is 0 Å². The van der Waals surface area contributed by atoms with Crippen molar-refractivity contribution in [2.75, 3.05) is 5.88 Å². The number of carbonyl (C=O) groups excluding carboxylic acids is 2. The van der Waals surface area contributed by atoms with Gasteiger partial charge in [-0.1, -0.05) is 30.3 Å². The Bertz CT molecular complexity index is 1120.